The molecule has 3 heterocycles. The Hall–Kier alpha value is -1.85. The molecule has 3 fully saturated rings. The highest BCUT2D eigenvalue weighted by atomic mass is 16.5. The molecule has 3 aliphatic heterocycles. The number of fused-ring (bicyclic) bond motifs is 3. The predicted octanol–water partition coefficient (Wildman–Crippen LogP) is 2.19. The highest BCUT2D eigenvalue weighted by Crippen LogP contribution is 2.65. The Morgan fingerprint density at radius 3 is 3.04 bits per heavy atom. The van der Waals surface area contributed by atoms with Gasteiger partial charge in [0.05, 0.1) is 31.1 Å². The molecule has 2 saturated heterocycles. The van der Waals surface area contributed by atoms with E-state index in [9.17, 15) is 4.79 Å². The average molecular weight is 340 g/mol. The number of nitrogens with one attached hydrogen (secondary N) is 2. The molecular formula is C20H24N2O3. The van der Waals surface area contributed by atoms with Gasteiger partial charge in [0.2, 0.25) is 0 Å². The fraction of sp³-hybridized carbons (Fsp3) is 0.550. The minimum absolute atomic E-state index is 0.113. The highest BCUT2D eigenvalue weighted by molar-refractivity contribution is 5.80. The van der Waals surface area contributed by atoms with Gasteiger partial charge in [-0.15, -0.1) is 0 Å². The summed E-state index contributed by atoms with van der Waals surface area (Å²) in [7, 11) is 1.51. The first-order valence-corrected chi connectivity index (χ1v) is 9.16. The molecule has 5 unspecified atom stereocenters. The van der Waals surface area contributed by atoms with Gasteiger partial charge in [0, 0.05) is 12.2 Å². The van der Waals surface area contributed by atoms with E-state index < -0.39 is 5.72 Å². The third kappa shape index (κ3) is 1.64. The number of methoxy groups -OCH3 is 1. The zero-order chi connectivity index (χ0) is 17.2. The zero-order valence-corrected chi connectivity index (χ0v) is 14.7. The summed E-state index contributed by atoms with van der Waals surface area (Å²) in [5.74, 6) is -0.134. The molecule has 132 valence electrons. The van der Waals surface area contributed by atoms with E-state index in [0.29, 0.717) is 6.61 Å². The van der Waals surface area contributed by atoms with Crippen LogP contribution in [0.15, 0.2) is 35.9 Å². The SMILES string of the molecule is C/C=C1\CNC2CC1C(C(=O)OC)C13CCOC21Nc1ccccc13. The molecule has 1 aromatic rings. The Balaban J connectivity index is 1.79. The molecule has 0 radical (unpaired) electrons. The van der Waals surface area contributed by atoms with Crippen LogP contribution in [0, 0.1) is 11.8 Å². The number of allylic oxidation sites excluding steroid dienone is 1. The van der Waals surface area contributed by atoms with Crippen molar-refractivity contribution < 1.29 is 14.3 Å². The molecule has 0 aromatic heterocycles. The lowest BCUT2D eigenvalue weighted by molar-refractivity contribution is -0.162. The fourth-order valence-electron chi connectivity index (χ4n) is 6.08. The first-order valence-electron chi connectivity index (χ1n) is 9.16. The summed E-state index contributed by atoms with van der Waals surface area (Å²) in [6, 6.07) is 8.53. The van der Waals surface area contributed by atoms with Crippen LogP contribution in [-0.2, 0) is 19.7 Å². The quantitative estimate of drug-likeness (QED) is 0.606. The maximum atomic E-state index is 13.1. The van der Waals surface area contributed by atoms with E-state index in [-0.39, 0.29) is 29.3 Å². The largest absolute Gasteiger partial charge is 0.469 e. The van der Waals surface area contributed by atoms with E-state index in [1.165, 1.54) is 18.2 Å². The first-order chi connectivity index (χ1) is 12.2. The maximum Gasteiger partial charge on any atom is 0.310 e. The van der Waals surface area contributed by atoms with Crippen LogP contribution >= 0.6 is 0 Å². The molecular weight excluding hydrogens is 316 g/mol. The summed E-state index contributed by atoms with van der Waals surface area (Å²) >= 11 is 0. The first kappa shape index (κ1) is 15.4. The summed E-state index contributed by atoms with van der Waals surface area (Å²) in [6.45, 7) is 3.53. The van der Waals surface area contributed by atoms with E-state index in [4.69, 9.17) is 9.47 Å². The molecule has 5 nitrogen and oxygen atoms in total. The molecule has 5 heteroatoms. The van der Waals surface area contributed by atoms with E-state index in [0.717, 1.165) is 25.1 Å². The summed E-state index contributed by atoms with van der Waals surface area (Å²) in [4.78, 5) is 13.1. The molecule has 2 bridgehead atoms. The van der Waals surface area contributed by atoms with Crippen LogP contribution in [0.2, 0.25) is 0 Å². The Bertz CT molecular complexity index is 776. The molecule has 5 atom stereocenters. The second-order valence-corrected chi connectivity index (χ2v) is 7.62. The minimum atomic E-state index is -0.564. The smallest absolute Gasteiger partial charge is 0.310 e. The van der Waals surface area contributed by atoms with Crippen molar-refractivity contribution in [3.8, 4) is 0 Å². The van der Waals surface area contributed by atoms with Crippen LogP contribution in [0.4, 0.5) is 5.69 Å². The van der Waals surface area contributed by atoms with Gasteiger partial charge in [-0.2, -0.15) is 0 Å². The Kier molecular flexibility index (Phi) is 3.13. The number of piperidine rings is 1. The van der Waals surface area contributed by atoms with Crippen LogP contribution in [0.3, 0.4) is 0 Å². The van der Waals surface area contributed by atoms with Crippen molar-refractivity contribution in [1.29, 1.82) is 0 Å². The molecule has 25 heavy (non-hydrogen) atoms. The van der Waals surface area contributed by atoms with E-state index >= 15 is 0 Å². The van der Waals surface area contributed by atoms with Crippen LogP contribution in [0.1, 0.15) is 25.3 Å². The molecule has 1 aliphatic carbocycles. The Morgan fingerprint density at radius 1 is 1.40 bits per heavy atom. The number of para-hydroxylation sites is 1. The molecule has 2 N–H and O–H groups in total. The van der Waals surface area contributed by atoms with E-state index in [1.54, 1.807) is 0 Å². The number of carbonyl (C=O) groups is 1. The van der Waals surface area contributed by atoms with Gasteiger partial charge in [-0.05, 0) is 37.3 Å². The minimum Gasteiger partial charge on any atom is -0.469 e. The van der Waals surface area contributed by atoms with Crippen molar-refractivity contribution in [2.75, 3.05) is 25.6 Å². The number of ether oxygens (including phenoxy) is 2. The van der Waals surface area contributed by atoms with Gasteiger partial charge in [-0.1, -0.05) is 29.8 Å². The van der Waals surface area contributed by atoms with E-state index in [1.807, 2.05) is 6.07 Å². The van der Waals surface area contributed by atoms with Gasteiger partial charge < -0.3 is 20.1 Å². The molecule has 1 aromatic carbocycles. The predicted molar refractivity (Wildman–Crippen MR) is 94.2 cm³/mol. The van der Waals surface area contributed by atoms with Gasteiger partial charge in [0.1, 0.15) is 0 Å². The molecule has 0 spiro atoms. The lowest BCUT2D eigenvalue weighted by Crippen LogP contribution is -2.73. The Morgan fingerprint density at radius 2 is 2.24 bits per heavy atom. The average Bonchev–Trinajstić information content (AvgIpc) is 3.15. The topological polar surface area (TPSA) is 59.6 Å². The molecule has 5 rings (SSSR count). The number of hydrogen-bond acceptors (Lipinski definition) is 5. The van der Waals surface area contributed by atoms with Crippen molar-refractivity contribution >= 4 is 11.7 Å². The van der Waals surface area contributed by atoms with Crippen molar-refractivity contribution in [2.24, 2.45) is 11.8 Å². The Labute approximate surface area is 147 Å². The number of rotatable bonds is 1. The fourth-order valence-corrected chi connectivity index (χ4v) is 6.08. The summed E-state index contributed by atoms with van der Waals surface area (Å²) in [5.41, 5.74) is 2.66. The highest BCUT2D eigenvalue weighted by Gasteiger charge is 2.74. The summed E-state index contributed by atoms with van der Waals surface area (Å²) < 4.78 is 11.7. The summed E-state index contributed by atoms with van der Waals surface area (Å²) in [5, 5.41) is 7.37. The molecule has 1 saturated carbocycles. The van der Waals surface area contributed by atoms with Crippen LogP contribution in [0.25, 0.3) is 0 Å². The van der Waals surface area contributed by atoms with Crippen molar-refractivity contribution in [2.45, 2.75) is 36.9 Å². The number of hydrogen-bond donors (Lipinski definition) is 2. The third-order valence-electron chi connectivity index (χ3n) is 6.99. The number of benzene rings is 1. The molecule has 4 aliphatic rings. The normalized spacial score (nSPS) is 42.3. The number of esters is 1. The van der Waals surface area contributed by atoms with Crippen molar-refractivity contribution in [3.05, 3.63) is 41.5 Å². The third-order valence-corrected chi connectivity index (χ3v) is 6.99. The number of anilines is 1. The zero-order valence-electron chi connectivity index (χ0n) is 14.7. The van der Waals surface area contributed by atoms with Crippen LogP contribution < -0.4 is 10.6 Å². The van der Waals surface area contributed by atoms with E-state index in [2.05, 4.69) is 41.8 Å². The van der Waals surface area contributed by atoms with Crippen molar-refractivity contribution in [1.82, 2.24) is 5.32 Å². The van der Waals surface area contributed by atoms with Gasteiger partial charge in [0.25, 0.3) is 0 Å². The molecule has 0 amide bonds. The van der Waals surface area contributed by atoms with Gasteiger partial charge in [-0.25, -0.2) is 0 Å². The maximum absolute atomic E-state index is 13.1. The lowest BCUT2D eigenvalue weighted by atomic mass is 9.51. The van der Waals surface area contributed by atoms with Gasteiger partial charge >= 0.3 is 5.97 Å². The summed E-state index contributed by atoms with van der Waals surface area (Å²) in [6.07, 6.45) is 3.89. The monoisotopic (exact) mass is 340 g/mol. The van der Waals surface area contributed by atoms with Crippen molar-refractivity contribution in [3.63, 3.8) is 0 Å². The van der Waals surface area contributed by atoms with Crippen LogP contribution in [0.5, 0.6) is 0 Å². The van der Waals surface area contributed by atoms with Crippen LogP contribution in [-0.4, -0.2) is 38.0 Å². The second kappa shape index (κ2) is 5.08. The standard InChI is InChI=1S/C20H24N2O3/c1-3-12-11-21-16-10-13(12)17(18(23)24-2)19-8-9-25-20(16,19)22-15-7-5-4-6-14(15)19/h3-7,13,16-17,21-22H,8-11H2,1-2H3/b12-3+. The number of carbonyl (C=O) groups excluding carboxylic acids is 1. The second-order valence-electron chi connectivity index (χ2n) is 7.62. The van der Waals surface area contributed by atoms with Gasteiger partial charge in [0.15, 0.2) is 5.72 Å². The lowest BCUT2D eigenvalue weighted by Gasteiger charge is -2.57. The van der Waals surface area contributed by atoms with Gasteiger partial charge in [-0.3, -0.25) is 4.79 Å².